The lowest BCUT2D eigenvalue weighted by Gasteiger charge is -2.30. The first-order valence-corrected chi connectivity index (χ1v) is 7.28. The van der Waals surface area contributed by atoms with E-state index >= 15 is 0 Å². The minimum atomic E-state index is -0.769. The summed E-state index contributed by atoms with van der Waals surface area (Å²) in [6.45, 7) is 3.77. The molecule has 0 spiro atoms. The van der Waals surface area contributed by atoms with Crippen LogP contribution in [0.25, 0.3) is 0 Å². The van der Waals surface area contributed by atoms with Crippen LogP contribution in [-0.2, 0) is 11.3 Å². The van der Waals surface area contributed by atoms with Crippen molar-refractivity contribution in [3.05, 3.63) is 23.0 Å². The van der Waals surface area contributed by atoms with E-state index in [-0.39, 0.29) is 11.8 Å². The van der Waals surface area contributed by atoms with Crippen molar-refractivity contribution in [1.82, 2.24) is 9.47 Å². The molecule has 1 amide bonds. The summed E-state index contributed by atoms with van der Waals surface area (Å²) in [6, 6.07) is 1.68. The van der Waals surface area contributed by atoms with E-state index < -0.39 is 5.97 Å². The van der Waals surface area contributed by atoms with Gasteiger partial charge in [0.05, 0.1) is 10.9 Å². The van der Waals surface area contributed by atoms with Crippen LogP contribution in [0.15, 0.2) is 12.3 Å². The number of hydrogen-bond acceptors (Lipinski definition) is 2. The van der Waals surface area contributed by atoms with E-state index in [0.717, 1.165) is 13.0 Å². The van der Waals surface area contributed by atoms with E-state index in [0.29, 0.717) is 36.6 Å². The van der Waals surface area contributed by atoms with Crippen molar-refractivity contribution >= 4 is 23.5 Å². The fraction of sp³-hybridized carbons (Fsp3) is 0.571. The molecule has 20 heavy (non-hydrogen) atoms. The number of nitrogens with zero attached hydrogens (tertiary/aromatic N) is 2. The molecule has 0 radical (unpaired) electrons. The number of carboxylic acid groups (broad SMARTS) is 1. The zero-order valence-electron chi connectivity index (χ0n) is 11.5. The summed E-state index contributed by atoms with van der Waals surface area (Å²) in [5.41, 5.74) is 0.589. The van der Waals surface area contributed by atoms with Crippen molar-refractivity contribution in [2.75, 3.05) is 13.1 Å². The number of carbonyl (C=O) groups is 2. The van der Waals surface area contributed by atoms with Crippen LogP contribution in [0.2, 0.25) is 5.02 Å². The van der Waals surface area contributed by atoms with Crippen LogP contribution < -0.4 is 0 Å². The predicted molar refractivity (Wildman–Crippen MR) is 76.0 cm³/mol. The number of piperidine rings is 1. The van der Waals surface area contributed by atoms with Crippen molar-refractivity contribution in [3.63, 3.8) is 0 Å². The minimum Gasteiger partial charge on any atom is -0.481 e. The molecule has 5 nitrogen and oxygen atoms in total. The average molecular weight is 299 g/mol. The standard InChI is InChI=1S/C14H19ClN2O3/c1-2-5-17-9-11(15)8-12(17)13(18)16-6-3-10(4-7-16)14(19)20/h8-10H,2-7H2,1H3,(H,19,20). The molecule has 1 saturated heterocycles. The second-order valence-electron chi connectivity index (χ2n) is 5.14. The minimum absolute atomic E-state index is 0.0609. The average Bonchev–Trinajstić information content (AvgIpc) is 2.79. The molecule has 110 valence electrons. The number of aryl methyl sites for hydroxylation is 1. The van der Waals surface area contributed by atoms with Gasteiger partial charge in [-0.05, 0) is 25.3 Å². The van der Waals surface area contributed by atoms with Crippen LogP contribution in [0.5, 0.6) is 0 Å². The highest BCUT2D eigenvalue weighted by Crippen LogP contribution is 2.21. The third kappa shape index (κ3) is 3.15. The molecule has 1 aromatic heterocycles. The van der Waals surface area contributed by atoms with Crippen LogP contribution in [-0.4, -0.2) is 39.5 Å². The number of carbonyl (C=O) groups excluding carboxylic acids is 1. The van der Waals surface area contributed by atoms with Crippen molar-refractivity contribution < 1.29 is 14.7 Å². The zero-order valence-corrected chi connectivity index (χ0v) is 12.3. The summed E-state index contributed by atoms with van der Waals surface area (Å²) in [4.78, 5) is 25.1. The Morgan fingerprint density at radius 2 is 2.05 bits per heavy atom. The van der Waals surface area contributed by atoms with Gasteiger partial charge in [0.1, 0.15) is 5.69 Å². The van der Waals surface area contributed by atoms with E-state index in [2.05, 4.69) is 0 Å². The van der Waals surface area contributed by atoms with E-state index in [9.17, 15) is 9.59 Å². The highest BCUT2D eigenvalue weighted by atomic mass is 35.5. The van der Waals surface area contributed by atoms with Crippen molar-refractivity contribution in [1.29, 1.82) is 0 Å². The van der Waals surface area contributed by atoms with Gasteiger partial charge in [-0.2, -0.15) is 0 Å². The third-order valence-electron chi connectivity index (χ3n) is 3.68. The predicted octanol–water partition coefficient (Wildman–Crippen LogP) is 2.49. The Hall–Kier alpha value is -1.49. The van der Waals surface area contributed by atoms with Gasteiger partial charge in [-0.1, -0.05) is 18.5 Å². The second-order valence-corrected chi connectivity index (χ2v) is 5.58. The molecule has 1 aliphatic heterocycles. The van der Waals surface area contributed by atoms with Gasteiger partial charge < -0.3 is 14.6 Å². The molecule has 0 aromatic carbocycles. The Labute approximate surface area is 123 Å². The molecule has 1 aliphatic rings. The van der Waals surface area contributed by atoms with Gasteiger partial charge in [-0.3, -0.25) is 9.59 Å². The lowest BCUT2D eigenvalue weighted by Crippen LogP contribution is -2.40. The highest BCUT2D eigenvalue weighted by molar-refractivity contribution is 6.31. The molecule has 0 unspecified atom stereocenters. The van der Waals surface area contributed by atoms with Crippen LogP contribution in [0.4, 0.5) is 0 Å². The smallest absolute Gasteiger partial charge is 0.306 e. The van der Waals surface area contributed by atoms with Crippen LogP contribution in [0, 0.1) is 5.92 Å². The number of halogens is 1. The quantitative estimate of drug-likeness (QED) is 0.929. The fourth-order valence-electron chi connectivity index (χ4n) is 2.57. The first kappa shape index (κ1) is 14.9. The number of aromatic nitrogens is 1. The topological polar surface area (TPSA) is 62.5 Å². The molecule has 0 aliphatic carbocycles. The number of hydrogen-bond donors (Lipinski definition) is 1. The third-order valence-corrected chi connectivity index (χ3v) is 3.88. The van der Waals surface area contributed by atoms with Crippen LogP contribution in [0.3, 0.4) is 0 Å². The van der Waals surface area contributed by atoms with Gasteiger partial charge in [0.25, 0.3) is 5.91 Å². The molecule has 1 N–H and O–H groups in total. The molecule has 2 rings (SSSR count). The Morgan fingerprint density at radius 3 is 2.60 bits per heavy atom. The number of aliphatic carboxylic acids is 1. The molecule has 2 heterocycles. The van der Waals surface area contributed by atoms with Crippen LogP contribution >= 0.6 is 11.6 Å². The molecule has 1 fully saturated rings. The Bertz CT molecular complexity index is 505. The first-order chi connectivity index (χ1) is 9.52. The van der Waals surface area contributed by atoms with E-state index in [1.165, 1.54) is 0 Å². The summed E-state index contributed by atoms with van der Waals surface area (Å²) in [5.74, 6) is -1.16. The number of carboxylic acids is 1. The number of rotatable bonds is 4. The van der Waals surface area contributed by atoms with Gasteiger partial charge >= 0.3 is 5.97 Å². The SMILES string of the molecule is CCCn1cc(Cl)cc1C(=O)N1CCC(C(=O)O)CC1. The number of likely N-dealkylation sites (tertiary alicyclic amines) is 1. The molecular formula is C14H19ClN2O3. The monoisotopic (exact) mass is 298 g/mol. The van der Waals surface area contributed by atoms with Gasteiger partial charge in [-0.25, -0.2) is 0 Å². The Morgan fingerprint density at radius 1 is 1.40 bits per heavy atom. The molecular weight excluding hydrogens is 280 g/mol. The Balaban J connectivity index is 2.07. The lowest BCUT2D eigenvalue weighted by molar-refractivity contribution is -0.143. The summed E-state index contributed by atoms with van der Waals surface area (Å²) in [5, 5.41) is 9.53. The van der Waals surface area contributed by atoms with Gasteiger partial charge in [0.15, 0.2) is 0 Å². The van der Waals surface area contributed by atoms with Gasteiger partial charge in [-0.15, -0.1) is 0 Å². The molecule has 1 aromatic rings. The van der Waals surface area contributed by atoms with Crippen molar-refractivity contribution in [2.45, 2.75) is 32.7 Å². The normalized spacial score (nSPS) is 16.4. The van der Waals surface area contributed by atoms with Crippen molar-refractivity contribution in [3.8, 4) is 0 Å². The first-order valence-electron chi connectivity index (χ1n) is 6.90. The molecule has 6 heteroatoms. The summed E-state index contributed by atoms with van der Waals surface area (Å²) >= 11 is 5.98. The summed E-state index contributed by atoms with van der Waals surface area (Å²) in [7, 11) is 0. The largest absolute Gasteiger partial charge is 0.481 e. The molecule has 0 bridgehead atoms. The fourth-order valence-corrected chi connectivity index (χ4v) is 2.79. The van der Waals surface area contributed by atoms with Gasteiger partial charge in [0.2, 0.25) is 0 Å². The van der Waals surface area contributed by atoms with Gasteiger partial charge in [0, 0.05) is 25.8 Å². The molecule has 0 saturated carbocycles. The van der Waals surface area contributed by atoms with E-state index in [1.54, 1.807) is 17.2 Å². The number of amides is 1. The zero-order chi connectivity index (χ0) is 14.7. The van der Waals surface area contributed by atoms with E-state index in [1.807, 2.05) is 11.5 Å². The van der Waals surface area contributed by atoms with E-state index in [4.69, 9.17) is 16.7 Å². The summed E-state index contributed by atoms with van der Waals surface area (Å²) in [6.07, 6.45) is 3.72. The van der Waals surface area contributed by atoms with Crippen LogP contribution in [0.1, 0.15) is 36.7 Å². The maximum Gasteiger partial charge on any atom is 0.306 e. The van der Waals surface area contributed by atoms with Crippen molar-refractivity contribution in [2.24, 2.45) is 5.92 Å². The molecule has 0 atom stereocenters. The lowest BCUT2D eigenvalue weighted by atomic mass is 9.97. The second kappa shape index (κ2) is 6.31. The maximum atomic E-state index is 12.5. The highest BCUT2D eigenvalue weighted by Gasteiger charge is 2.28. The Kier molecular flexibility index (Phi) is 4.70. The maximum absolute atomic E-state index is 12.5. The summed E-state index contributed by atoms with van der Waals surface area (Å²) < 4.78 is 1.87.